The molecular weight excluding hydrogens is 248 g/mol. The molecule has 1 heterocycles. The molecule has 1 aromatic heterocycles. The lowest BCUT2D eigenvalue weighted by molar-refractivity contribution is -0.384. The van der Waals surface area contributed by atoms with Crippen molar-refractivity contribution in [1.82, 2.24) is 9.97 Å². The smallest absolute Gasteiger partial charge is 0.275 e. The largest absolute Gasteiger partial charge is 0.494 e. The van der Waals surface area contributed by atoms with Crippen molar-refractivity contribution < 1.29 is 9.66 Å². The van der Waals surface area contributed by atoms with E-state index in [0.29, 0.717) is 24.6 Å². The Morgan fingerprint density at radius 2 is 2.32 bits per heavy atom. The Bertz CT molecular complexity index is 554. The summed E-state index contributed by atoms with van der Waals surface area (Å²) in [4.78, 5) is 17.3. The number of hydrogen-bond donors (Lipinski definition) is 2. The van der Waals surface area contributed by atoms with Crippen molar-refractivity contribution in [2.24, 2.45) is 0 Å². The molecule has 0 atom stereocenters. The number of non-ortho nitro benzene ring substituents is 1. The van der Waals surface area contributed by atoms with Crippen molar-refractivity contribution in [3.05, 3.63) is 46.5 Å². The van der Waals surface area contributed by atoms with E-state index in [1.54, 1.807) is 18.6 Å². The summed E-state index contributed by atoms with van der Waals surface area (Å²) in [6, 6.07) is 4.61. The van der Waals surface area contributed by atoms with Crippen LogP contribution in [0.2, 0.25) is 0 Å². The lowest BCUT2D eigenvalue weighted by Crippen LogP contribution is -2.01. The van der Waals surface area contributed by atoms with Gasteiger partial charge in [-0.05, 0) is 6.92 Å². The zero-order valence-corrected chi connectivity index (χ0v) is 10.4. The van der Waals surface area contributed by atoms with Gasteiger partial charge in [0.15, 0.2) is 0 Å². The van der Waals surface area contributed by atoms with E-state index in [1.807, 2.05) is 6.92 Å². The Balaban J connectivity index is 2.16. The molecule has 100 valence electrons. The predicted molar refractivity (Wildman–Crippen MR) is 70.2 cm³/mol. The minimum absolute atomic E-state index is 0.00180. The maximum absolute atomic E-state index is 10.8. The predicted octanol–water partition coefficient (Wildman–Crippen LogP) is 2.33. The number of nitro benzene ring substituents is 1. The summed E-state index contributed by atoms with van der Waals surface area (Å²) >= 11 is 0. The van der Waals surface area contributed by atoms with Gasteiger partial charge >= 0.3 is 0 Å². The number of nitro groups is 1. The van der Waals surface area contributed by atoms with Crippen molar-refractivity contribution in [2.75, 3.05) is 11.9 Å². The first-order chi connectivity index (χ1) is 9.19. The number of rotatable bonds is 6. The van der Waals surface area contributed by atoms with E-state index in [1.165, 1.54) is 12.1 Å². The maximum Gasteiger partial charge on any atom is 0.275 e. The number of nitrogens with one attached hydrogen (secondary N) is 2. The standard InChI is InChI=1S/C12H14N4O3/c1-2-19-12-4-9(3-11(5-12)16(17)18)14-7-10-6-13-8-15-10/h3-6,8,14H,2,7H2,1H3,(H,13,15). The molecule has 0 unspecified atom stereocenters. The molecule has 0 spiro atoms. The van der Waals surface area contributed by atoms with Crippen LogP contribution in [0.15, 0.2) is 30.7 Å². The highest BCUT2D eigenvalue weighted by atomic mass is 16.6. The Hall–Kier alpha value is -2.57. The van der Waals surface area contributed by atoms with Gasteiger partial charge in [-0.2, -0.15) is 0 Å². The van der Waals surface area contributed by atoms with Gasteiger partial charge in [0.1, 0.15) is 5.75 Å². The molecule has 0 saturated heterocycles. The SMILES string of the molecule is CCOc1cc(NCc2cnc[nH]2)cc([N+](=O)[O-])c1. The summed E-state index contributed by atoms with van der Waals surface area (Å²) in [6.45, 7) is 2.80. The molecule has 1 aromatic carbocycles. The molecule has 0 saturated carbocycles. The van der Waals surface area contributed by atoms with Gasteiger partial charge in [0.05, 0.1) is 36.2 Å². The van der Waals surface area contributed by atoms with Gasteiger partial charge in [-0.25, -0.2) is 4.98 Å². The van der Waals surface area contributed by atoms with Gasteiger partial charge < -0.3 is 15.0 Å². The van der Waals surface area contributed by atoms with Crippen LogP contribution in [0.1, 0.15) is 12.6 Å². The number of nitrogens with zero attached hydrogens (tertiary/aromatic N) is 2. The third-order valence-electron chi connectivity index (χ3n) is 2.45. The van der Waals surface area contributed by atoms with Gasteiger partial charge in [0, 0.05) is 24.0 Å². The third-order valence-corrected chi connectivity index (χ3v) is 2.45. The first-order valence-electron chi connectivity index (χ1n) is 5.82. The summed E-state index contributed by atoms with van der Waals surface area (Å²) in [5.41, 5.74) is 1.52. The highest BCUT2D eigenvalue weighted by molar-refractivity contribution is 5.56. The molecule has 2 N–H and O–H groups in total. The average molecular weight is 262 g/mol. The fourth-order valence-electron chi connectivity index (χ4n) is 1.62. The second-order valence-corrected chi connectivity index (χ2v) is 3.84. The first-order valence-corrected chi connectivity index (χ1v) is 5.82. The normalized spacial score (nSPS) is 10.2. The lowest BCUT2D eigenvalue weighted by atomic mass is 10.2. The molecule has 2 rings (SSSR count). The van der Waals surface area contributed by atoms with Crippen LogP contribution >= 0.6 is 0 Å². The van der Waals surface area contributed by atoms with E-state index in [4.69, 9.17) is 4.74 Å². The second kappa shape index (κ2) is 5.85. The Morgan fingerprint density at radius 1 is 1.47 bits per heavy atom. The van der Waals surface area contributed by atoms with Crippen molar-refractivity contribution >= 4 is 11.4 Å². The summed E-state index contributed by atoms with van der Waals surface area (Å²) in [6.07, 6.45) is 3.27. The molecule has 7 heteroatoms. The highest BCUT2D eigenvalue weighted by Gasteiger charge is 2.10. The van der Waals surface area contributed by atoms with Gasteiger partial charge in [0.2, 0.25) is 0 Å². The van der Waals surface area contributed by atoms with E-state index >= 15 is 0 Å². The van der Waals surface area contributed by atoms with E-state index in [9.17, 15) is 10.1 Å². The molecule has 0 bridgehead atoms. The molecular formula is C12H14N4O3. The molecule has 0 radical (unpaired) electrons. The van der Waals surface area contributed by atoms with Crippen LogP contribution in [0, 0.1) is 10.1 Å². The Kier molecular flexibility index (Phi) is 3.97. The van der Waals surface area contributed by atoms with Gasteiger partial charge in [-0.3, -0.25) is 10.1 Å². The van der Waals surface area contributed by atoms with Crippen molar-refractivity contribution in [3.8, 4) is 5.75 Å². The maximum atomic E-state index is 10.8. The van der Waals surface area contributed by atoms with Crippen LogP contribution in [0.4, 0.5) is 11.4 Å². The summed E-state index contributed by atoms with van der Waals surface area (Å²) in [7, 11) is 0. The minimum atomic E-state index is -0.441. The number of aromatic amines is 1. The van der Waals surface area contributed by atoms with Gasteiger partial charge in [-0.1, -0.05) is 0 Å². The molecule has 0 amide bonds. The molecule has 19 heavy (non-hydrogen) atoms. The average Bonchev–Trinajstić information content (AvgIpc) is 2.89. The lowest BCUT2D eigenvalue weighted by Gasteiger charge is -2.08. The number of anilines is 1. The zero-order chi connectivity index (χ0) is 13.7. The van der Waals surface area contributed by atoms with Crippen LogP contribution in [0.3, 0.4) is 0 Å². The summed E-state index contributed by atoms with van der Waals surface area (Å²) < 4.78 is 5.31. The molecule has 0 aliphatic carbocycles. The minimum Gasteiger partial charge on any atom is -0.494 e. The van der Waals surface area contributed by atoms with Crippen LogP contribution < -0.4 is 10.1 Å². The van der Waals surface area contributed by atoms with E-state index in [2.05, 4.69) is 15.3 Å². The number of ether oxygens (including phenoxy) is 1. The van der Waals surface area contributed by atoms with Gasteiger partial charge in [-0.15, -0.1) is 0 Å². The van der Waals surface area contributed by atoms with Crippen molar-refractivity contribution in [3.63, 3.8) is 0 Å². The van der Waals surface area contributed by atoms with E-state index in [-0.39, 0.29) is 5.69 Å². The number of benzene rings is 1. The quantitative estimate of drug-likeness (QED) is 0.615. The van der Waals surface area contributed by atoms with Crippen LogP contribution in [-0.4, -0.2) is 21.5 Å². The summed E-state index contributed by atoms with van der Waals surface area (Å²) in [5.74, 6) is 0.476. The number of hydrogen-bond acceptors (Lipinski definition) is 5. The second-order valence-electron chi connectivity index (χ2n) is 3.84. The Labute approximate surface area is 109 Å². The molecule has 0 aliphatic rings. The first kappa shape index (κ1) is 12.9. The topological polar surface area (TPSA) is 93.1 Å². The van der Waals surface area contributed by atoms with Crippen LogP contribution in [-0.2, 0) is 6.54 Å². The third kappa shape index (κ3) is 3.44. The Morgan fingerprint density at radius 3 is 2.95 bits per heavy atom. The molecule has 7 nitrogen and oxygen atoms in total. The number of H-pyrrole nitrogens is 1. The fourth-order valence-corrected chi connectivity index (χ4v) is 1.62. The van der Waals surface area contributed by atoms with Crippen molar-refractivity contribution in [2.45, 2.75) is 13.5 Å². The zero-order valence-electron chi connectivity index (χ0n) is 10.4. The van der Waals surface area contributed by atoms with Crippen LogP contribution in [0.25, 0.3) is 0 Å². The molecule has 0 fully saturated rings. The van der Waals surface area contributed by atoms with Gasteiger partial charge in [0.25, 0.3) is 5.69 Å². The molecule has 0 aliphatic heterocycles. The van der Waals surface area contributed by atoms with E-state index < -0.39 is 4.92 Å². The van der Waals surface area contributed by atoms with Crippen molar-refractivity contribution in [1.29, 1.82) is 0 Å². The monoisotopic (exact) mass is 262 g/mol. The number of imidazole rings is 1. The summed E-state index contributed by atoms with van der Waals surface area (Å²) in [5, 5.41) is 13.9. The van der Waals surface area contributed by atoms with Crippen LogP contribution in [0.5, 0.6) is 5.75 Å². The fraction of sp³-hybridized carbons (Fsp3) is 0.250. The van der Waals surface area contributed by atoms with E-state index in [0.717, 1.165) is 5.69 Å². The molecule has 2 aromatic rings. The highest BCUT2D eigenvalue weighted by Crippen LogP contribution is 2.26. The number of aromatic nitrogens is 2.